The smallest absolute Gasteiger partial charge is 0.407 e. The highest BCUT2D eigenvalue weighted by molar-refractivity contribution is 5.65. The average Bonchev–Trinajstić information content (AvgIpc) is 2.10. The van der Waals surface area contributed by atoms with Crippen LogP contribution in [0.5, 0.6) is 0 Å². The summed E-state index contributed by atoms with van der Waals surface area (Å²) in [4.78, 5) is 11.2. The van der Waals surface area contributed by atoms with Crippen LogP contribution >= 0.6 is 0 Å². The van der Waals surface area contributed by atoms with Gasteiger partial charge >= 0.3 is 6.09 Å². The van der Waals surface area contributed by atoms with Crippen LogP contribution in [0.1, 0.15) is 19.3 Å². The lowest BCUT2D eigenvalue weighted by molar-refractivity contribution is -0.0260. The molecule has 0 radical (unpaired) electrons. The highest BCUT2D eigenvalue weighted by Crippen LogP contribution is 2.25. The van der Waals surface area contributed by atoms with Crippen molar-refractivity contribution in [3.05, 3.63) is 0 Å². The maximum absolute atomic E-state index is 12.8. The molecule has 0 aliphatic carbocycles. The number of carboxylic acid groups (broad SMARTS) is 1. The van der Waals surface area contributed by atoms with Crippen LogP contribution in [0.3, 0.4) is 0 Å². The van der Waals surface area contributed by atoms with Crippen molar-refractivity contribution in [1.82, 2.24) is 4.90 Å². The Morgan fingerprint density at radius 2 is 2.08 bits per heavy atom. The number of rotatable bonds is 0. The molecule has 1 heterocycles. The van der Waals surface area contributed by atoms with Gasteiger partial charge in [-0.25, -0.2) is 13.6 Å². The summed E-state index contributed by atoms with van der Waals surface area (Å²) in [5.41, 5.74) is 0. The summed E-state index contributed by atoms with van der Waals surface area (Å²) in [5.74, 6) is -2.84. The van der Waals surface area contributed by atoms with Gasteiger partial charge in [-0.15, -0.1) is 0 Å². The predicted octanol–water partition coefficient (Wildman–Crippen LogP) is 1.79. The summed E-state index contributed by atoms with van der Waals surface area (Å²) in [7, 11) is 0. The Balaban J connectivity index is 2.60. The van der Waals surface area contributed by atoms with Crippen LogP contribution in [-0.4, -0.2) is 35.1 Å². The fraction of sp³-hybridized carbons (Fsp3) is 0.857. The van der Waals surface area contributed by atoms with Gasteiger partial charge in [-0.2, -0.15) is 0 Å². The lowest BCUT2D eigenvalue weighted by Crippen LogP contribution is -2.38. The summed E-state index contributed by atoms with van der Waals surface area (Å²) >= 11 is 0. The quantitative estimate of drug-likeness (QED) is 0.615. The minimum Gasteiger partial charge on any atom is -0.465 e. The Kier molecular flexibility index (Phi) is 2.49. The molecule has 1 rings (SSSR count). The zero-order valence-corrected chi connectivity index (χ0v) is 6.59. The average molecular weight is 179 g/mol. The van der Waals surface area contributed by atoms with Crippen LogP contribution in [-0.2, 0) is 0 Å². The third-order valence-corrected chi connectivity index (χ3v) is 1.91. The van der Waals surface area contributed by atoms with E-state index in [4.69, 9.17) is 5.11 Å². The van der Waals surface area contributed by atoms with Crippen molar-refractivity contribution in [2.45, 2.75) is 25.2 Å². The molecule has 0 atom stereocenters. The molecule has 0 aromatic heterocycles. The van der Waals surface area contributed by atoms with Gasteiger partial charge < -0.3 is 10.0 Å². The largest absolute Gasteiger partial charge is 0.465 e. The number of alkyl halides is 2. The number of likely N-dealkylation sites (tertiary alicyclic amines) is 1. The molecule has 0 bridgehead atoms. The molecule has 1 aliphatic rings. The topological polar surface area (TPSA) is 40.5 Å². The Hall–Kier alpha value is -0.870. The molecule has 1 saturated heterocycles. The van der Waals surface area contributed by atoms with Crippen molar-refractivity contribution in [3.8, 4) is 0 Å². The number of amides is 1. The van der Waals surface area contributed by atoms with Gasteiger partial charge in [0.15, 0.2) is 0 Å². The van der Waals surface area contributed by atoms with Crippen molar-refractivity contribution >= 4 is 6.09 Å². The first-order valence-electron chi connectivity index (χ1n) is 3.87. The first kappa shape index (κ1) is 9.22. The zero-order chi connectivity index (χ0) is 9.19. The van der Waals surface area contributed by atoms with Crippen LogP contribution in [0.2, 0.25) is 0 Å². The van der Waals surface area contributed by atoms with E-state index >= 15 is 0 Å². The molecule has 1 fully saturated rings. The standard InChI is InChI=1S/C7H11F2NO2/c8-7(9)3-1-2-4-10(5-7)6(11)12/h1-5H2,(H,11,12). The van der Waals surface area contributed by atoms with E-state index in [9.17, 15) is 13.6 Å². The molecular weight excluding hydrogens is 168 g/mol. The molecule has 70 valence electrons. The fourth-order valence-corrected chi connectivity index (χ4v) is 1.29. The molecule has 1 aliphatic heterocycles. The Morgan fingerprint density at radius 3 is 2.67 bits per heavy atom. The molecule has 0 spiro atoms. The normalized spacial score (nSPS) is 23.3. The van der Waals surface area contributed by atoms with Crippen LogP contribution in [0.25, 0.3) is 0 Å². The maximum atomic E-state index is 12.8. The van der Waals surface area contributed by atoms with Crippen molar-refractivity contribution in [2.24, 2.45) is 0 Å². The first-order valence-corrected chi connectivity index (χ1v) is 3.87. The lowest BCUT2D eigenvalue weighted by Gasteiger charge is -2.20. The minimum atomic E-state index is -2.84. The molecule has 0 saturated carbocycles. The monoisotopic (exact) mass is 179 g/mol. The summed E-state index contributed by atoms with van der Waals surface area (Å²) in [5, 5.41) is 8.49. The maximum Gasteiger partial charge on any atom is 0.407 e. The van der Waals surface area contributed by atoms with E-state index in [-0.39, 0.29) is 13.0 Å². The van der Waals surface area contributed by atoms with Crippen LogP contribution in [0.15, 0.2) is 0 Å². The fourth-order valence-electron chi connectivity index (χ4n) is 1.29. The summed E-state index contributed by atoms with van der Waals surface area (Å²) in [6.07, 6.45) is -0.522. The SMILES string of the molecule is O=C(O)N1CCCCC(F)(F)C1. The molecule has 5 heteroatoms. The Morgan fingerprint density at radius 1 is 1.42 bits per heavy atom. The second-order valence-corrected chi connectivity index (χ2v) is 3.02. The molecule has 1 N–H and O–H groups in total. The minimum absolute atomic E-state index is 0.198. The molecule has 0 aromatic carbocycles. The van der Waals surface area contributed by atoms with E-state index < -0.39 is 18.6 Å². The van der Waals surface area contributed by atoms with Crippen LogP contribution in [0.4, 0.5) is 13.6 Å². The molecule has 0 unspecified atom stereocenters. The molecule has 12 heavy (non-hydrogen) atoms. The van der Waals surface area contributed by atoms with Crippen molar-refractivity contribution in [3.63, 3.8) is 0 Å². The van der Waals surface area contributed by atoms with E-state index in [2.05, 4.69) is 0 Å². The molecule has 0 aromatic rings. The zero-order valence-electron chi connectivity index (χ0n) is 6.59. The van der Waals surface area contributed by atoms with E-state index in [1.165, 1.54) is 0 Å². The summed E-state index contributed by atoms with van der Waals surface area (Å²) < 4.78 is 25.5. The van der Waals surface area contributed by atoms with E-state index in [0.717, 1.165) is 4.90 Å². The lowest BCUT2D eigenvalue weighted by atomic mass is 10.2. The van der Waals surface area contributed by atoms with Gasteiger partial charge in [0.2, 0.25) is 0 Å². The number of hydrogen-bond donors (Lipinski definition) is 1. The number of nitrogens with zero attached hydrogens (tertiary/aromatic N) is 1. The van der Waals surface area contributed by atoms with Gasteiger partial charge in [0, 0.05) is 13.0 Å². The predicted molar refractivity (Wildman–Crippen MR) is 38.4 cm³/mol. The Labute approximate surface area is 69.0 Å². The third-order valence-electron chi connectivity index (χ3n) is 1.91. The van der Waals surface area contributed by atoms with E-state index in [0.29, 0.717) is 12.8 Å². The van der Waals surface area contributed by atoms with Gasteiger partial charge in [-0.05, 0) is 12.8 Å². The first-order chi connectivity index (χ1) is 5.51. The second kappa shape index (κ2) is 3.25. The van der Waals surface area contributed by atoms with Crippen LogP contribution in [0, 0.1) is 0 Å². The van der Waals surface area contributed by atoms with E-state index in [1.54, 1.807) is 0 Å². The number of halogens is 2. The van der Waals surface area contributed by atoms with Gasteiger partial charge in [-0.1, -0.05) is 0 Å². The van der Waals surface area contributed by atoms with Gasteiger partial charge in [0.05, 0.1) is 6.54 Å². The molecule has 3 nitrogen and oxygen atoms in total. The summed E-state index contributed by atoms with van der Waals surface area (Å²) in [6, 6.07) is 0. The van der Waals surface area contributed by atoms with Crippen molar-refractivity contribution < 1.29 is 18.7 Å². The molecular formula is C7H11F2NO2. The molecule has 1 amide bonds. The van der Waals surface area contributed by atoms with Crippen LogP contribution < -0.4 is 0 Å². The van der Waals surface area contributed by atoms with Crippen molar-refractivity contribution in [1.29, 1.82) is 0 Å². The van der Waals surface area contributed by atoms with Gasteiger partial charge in [0.25, 0.3) is 5.92 Å². The highest BCUT2D eigenvalue weighted by atomic mass is 19.3. The Bertz CT molecular complexity index is 184. The van der Waals surface area contributed by atoms with Gasteiger partial charge in [0.1, 0.15) is 0 Å². The number of hydrogen-bond acceptors (Lipinski definition) is 1. The summed E-state index contributed by atoms with van der Waals surface area (Å²) in [6.45, 7) is -0.423. The number of carbonyl (C=O) groups is 1. The van der Waals surface area contributed by atoms with Crippen molar-refractivity contribution in [2.75, 3.05) is 13.1 Å². The van der Waals surface area contributed by atoms with E-state index in [1.807, 2.05) is 0 Å². The second-order valence-electron chi connectivity index (χ2n) is 3.02. The highest BCUT2D eigenvalue weighted by Gasteiger charge is 2.35. The van der Waals surface area contributed by atoms with Gasteiger partial charge in [-0.3, -0.25) is 0 Å². The third kappa shape index (κ3) is 2.32.